The van der Waals surface area contributed by atoms with Gasteiger partial charge in [0.05, 0.1) is 21.8 Å². The molecule has 0 atom stereocenters. The number of aromatic nitrogens is 1. The Morgan fingerprint density at radius 1 is 1.15 bits per heavy atom. The van der Waals surface area contributed by atoms with Crippen LogP contribution in [0, 0.1) is 0 Å². The molecule has 8 nitrogen and oxygen atoms in total. The summed E-state index contributed by atoms with van der Waals surface area (Å²) in [5, 5.41) is 12.9. The number of aromatic hydroxyl groups is 1. The van der Waals surface area contributed by atoms with Crippen molar-refractivity contribution in [3.8, 4) is 17.2 Å². The maximum atomic E-state index is 11.4. The highest BCUT2D eigenvalue weighted by atomic mass is 35.5. The summed E-state index contributed by atoms with van der Waals surface area (Å²) in [4.78, 5) is 26.5. The number of hydrogen-bond donors (Lipinski definition) is 4. The summed E-state index contributed by atoms with van der Waals surface area (Å²) in [5.41, 5.74) is 11.0. The molecule has 0 aliphatic heterocycles. The Labute approximate surface area is 152 Å². The van der Waals surface area contributed by atoms with Crippen LogP contribution in [-0.2, 0) is 0 Å². The summed E-state index contributed by atoms with van der Waals surface area (Å²) >= 11 is 6.09. The zero-order chi connectivity index (χ0) is 18.8. The predicted molar refractivity (Wildman–Crippen MR) is 96.7 cm³/mol. The van der Waals surface area contributed by atoms with E-state index in [4.69, 9.17) is 27.8 Å². The third kappa shape index (κ3) is 3.45. The molecule has 0 unspecified atom stereocenters. The molecular weight excluding hydrogens is 360 g/mol. The Bertz CT molecular complexity index is 1040. The van der Waals surface area contributed by atoms with E-state index in [1.165, 1.54) is 30.5 Å². The van der Waals surface area contributed by atoms with Crippen molar-refractivity contribution in [2.24, 2.45) is 11.5 Å². The Balaban J connectivity index is 2.01. The van der Waals surface area contributed by atoms with Gasteiger partial charge in [0.2, 0.25) is 0 Å². The Morgan fingerprint density at radius 2 is 1.92 bits per heavy atom. The molecule has 3 aromatic rings. The molecular formula is C17H13ClN4O4. The van der Waals surface area contributed by atoms with E-state index in [9.17, 15) is 14.7 Å². The van der Waals surface area contributed by atoms with Crippen LogP contribution in [-0.4, -0.2) is 22.0 Å². The second kappa shape index (κ2) is 6.77. The number of rotatable bonds is 4. The number of carbonyl (C=O) groups is 2. The van der Waals surface area contributed by atoms with Crippen LogP contribution in [0.15, 0.2) is 42.6 Å². The number of phenols is 1. The number of nitrogens with two attached hydrogens (primary N) is 2. The van der Waals surface area contributed by atoms with Gasteiger partial charge in [0.15, 0.2) is 0 Å². The van der Waals surface area contributed by atoms with Gasteiger partial charge in [-0.25, -0.2) is 4.79 Å². The number of amides is 3. The Morgan fingerprint density at radius 3 is 2.58 bits per heavy atom. The lowest BCUT2D eigenvalue weighted by Crippen LogP contribution is -2.19. The molecule has 9 heteroatoms. The van der Waals surface area contributed by atoms with E-state index in [0.717, 1.165) is 0 Å². The molecule has 0 spiro atoms. The standard InChI is InChI=1S/C17H13ClN4O4/c18-11-5-8(1-2-12(11)22-17(20)25)26-15-3-4-21-13-7-14(23)10(16(19)24)6-9(13)15/h1-7,23H,(H2,19,24)(H3,20,22,25). The second-order valence-electron chi connectivity index (χ2n) is 5.29. The number of hydrogen-bond acceptors (Lipinski definition) is 5. The average molecular weight is 373 g/mol. The zero-order valence-electron chi connectivity index (χ0n) is 13.2. The average Bonchev–Trinajstić information content (AvgIpc) is 2.56. The van der Waals surface area contributed by atoms with Crippen molar-refractivity contribution in [1.82, 2.24) is 4.98 Å². The van der Waals surface area contributed by atoms with E-state index in [0.29, 0.717) is 28.1 Å². The fraction of sp³-hybridized carbons (Fsp3) is 0. The number of halogens is 1. The first kappa shape index (κ1) is 17.3. The Kier molecular flexibility index (Phi) is 4.51. The number of primary amides is 2. The lowest BCUT2D eigenvalue weighted by atomic mass is 10.1. The minimum absolute atomic E-state index is 0.0469. The highest BCUT2D eigenvalue weighted by Gasteiger charge is 2.13. The minimum Gasteiger partial charge on any atom is -0.507 e. The number of urea groups is 1. The first-order valence-electron chi connectivity index (χ1n) is 7.30. The molecule has 26 heavy (non-hydrogen) atoms. The van der Waals surface area contributed by atoms with E-state index in [1.54, 1.807) is 12.1 Å². The molecule has 6 N–H and O–H groups in total. The minimum atomic E-state index is -0.774. The highest BCUT2D eigenvalue weighted by Crippen LogP contribution is 2.34. The van der Waals surface area contributed by atoms with Gasteiger partial charge in [-0.2, -0.15) is 0 Å². The van der Waals surface area contributed by atoms with Crippen molar-refractivity contribution in [3.05, 3.63) is 53.2 Å². The predicted octanol–water partition coefficient (Wildman–Crippen LogP) is 2.98. The van der Waals surface area contributed by atoms with Crippen LogP contribution in [0.4, 0.5) is 10.5 Å². The van der Waals surface area contributed by atoms with Crippen molar-refractivity contribution in [2.45, 2.75) is 0 Å². The van der Waals surface area contributed by atoms with E-state index < -0.39 is 11.9 Å². The van der Waals surface area contributed by atoms with Crippen molar-refractivity contribution < 1.29 is 19.4 Å². The summed E-state index contributed by atoms with van der Waals surface area (Å²) in [7, 11) is 0. The van der Waals surface area contributed by atoms with Gasteiger partial charge in [-0.3, -0.25) is 9.78 Å². The van der Waals surface area contributed by atoms with Gasteiger partial charge >= 0.3 is 6.03 Å². The van der Waals surface area contributed by atoms with E-state index in [1.807, 2.05) is 0 Å². The van der Waals surface area contributed by atoms with Crippen LogP contribution in [0.2, 0.25) is 5.02 Å². The molecule has 132 valence electrons. The summed E-state index contributed by atoms with van der Waals surface area (Å²) in [6.45, 7) is 0. The summed E-state index contributed by atoms with van der Waals surface area (Å²) < 4.78 is 5.80. The van der Waals surface area contributed by atoms with Gasteiger partial charge in [0.25, 0.3) is 5.91 Å². The highest BCUT2D eigenvalue weighted by molar-refractivity contribution is 6.33. The number of nitrogens with one attached hydrogen (secondary N) is 1. The number of benzene rings is 2. The van der Waals surface area contributed by atoms with Crippen molar-refractivity contribution in [3.63, 3.8) is 0 Å². The quantitative estimate of drug-likeness (QED) is 0.557. The number of nitrogens with zero attached hydrogens (tertiary/aromatic N) is 1. The molecule has 0 aliphatic carbocycles. The maximum absolute atomic E-state index is 11.4. The van der Waals surface area contributed by atoms with Gasteiger partial charge in [-0.05, 0) is 24.3 Å². The molecule has 0 saturated carbocycles. The van der Waals surface area contributed by atoms with Gasteiger partial charge in [-0.1, -0.05) is 11.6 Å². The molecule has 3 rings (SSSR count). The first-order chi connectivity index (χ1) is 12.3. The lowest BCUT2D eigenvalue weighted by molar-refractivity contribution is 0.0998. The topological polar surface area (TPSA) is 141 Å². The zero-order valence-corrected chi connectivity index (χ0v) is 13.9. The smallest absolute Gasteiger partial charge is 0.316 e. The lowest BCUT2D eigenvalue weighted by Gasteiger charge is -2.12. The van der Waals surface area contributed by atoms with E-state index in [2.05, 4.69) is 10.3 Å². The summed E-state index contributed by atoms with van der Waals surface area (Å²) in [5.74, 6) is -0.279. The third-order valence-corrected chi connectivity index (χ3v) is 3.82. The maximum Gasteiger partial charge on any atom is 0.316 e. The summed E-state index contributed by atoms with van der Waals surface area (Å²) in [6.07, 6.45) is 1.49. The molecule has 2 aromatic carbocycles. The largest absolute Gasteiger partial charge is 0.507 e. The van der Waals surface area contributed by atoms with Crippen LogP contribution in [0.3, 0.4) is 0 Å². The molecule has 3 amide bonds. The van der Waals surface area contributed by atoms with Crippen LogP contribution in [0.25, 0.3) is 10.9 Å². The van der Waals surface area contributed by atoms with Crippen molar-refractivity contribution >= 4 is 40.1 Å². The molecule has 0 radical (unpaired) electrons. The van der Waals surface area contributed by atoms with Crippen LogP contribution in [0.1, 0.15) is 10.4 Å². The van der Waals surface area contributed by atoms with Crippen molar-refractivity contribution in [1.29, 1.82) is 0 Å². The molecule has 0 bridgehead atoms. The van der Waals surface area contributed by atoms with Crippen LogP contribution in [0.5, 0.6) is 17.2 Å². The molecule has 1 aromatic heterocycles. The normalized spacial score (nSPS) is 10.5. The fourth-order valence-electron chi connectivity index (χ4n) is 2.36. The van der Waals surface area contributed by atoms with E-state index >= 15 is 0 Å². The first-order valence-corrected chi connectivity index (χ1v) is 7.68. The number of ether oxygens (including phenoxy) is 1. The van der Waals surface area contributed by atoms with Gasteiger partial charge in [0, 0.05) is 23.7 Å². The van der Waals surface area contributed by atoms with Gasteiger partial charge < -0.3 is 26.6 Å². The monoisotopic (exact) mass is 372 g/mol. The number of pyridine rings is 1. The van der Waals surface area contributed by atoms with Crippen LogP contribution < -0.4 is 21.5 Å². The fourth-order valence-corrected chi connectivity index (χ4v) is 2.58. The molecule has 0 saturated heterocycles. The number of fused-ring (bicyclic) bond motifs is 1. The number of anilines is 1. The SMILES string of the molecule is NC(=O)Nc1ccc(Oc2ccnc3cc(O)c(C(N)=O)cc23)cc1Cl. The molecule has 1 heterocycles. The van der Waals surface area contributed by atoms with E-state index in [-0.39, 0.29) is 16.3 Å². The van der Waals surface area contributed by atoms with Gasteiger partial charge in [0.1, 0.15) is 17.2 Å². The second-order valence-corrected chi connectivity index (χ2v) is 5.70. The third-order valence-electron chi connectivity index (χ3n) is 3.51. The molecule has 0 fully saturated rings. The van der Waals surface area contributed by atoms with Crippen molar-refractivity contribution in [2.75, 3.05) is 5.32 Å². The van der Waals surface area contributed by atoms with Crippen LogP contribution >= 0.6 is 11.6 Å². The number of carbonyl (C=O) groups excluding carboxylic acids is 2. The van der Waals surface area contributed by atoms with Gasteiger partial charge in [-0.15, -0.1) is 0 Å². The Hall–Kier alpha value is -3.52. The molecule has 0 aliphatic rings. The summed E-state index contributed by atoms with van der Waals surface area (Å²) in [6, 6.07) is 8.20.